The van der Waals surface area contributed by atoms with E-state index >= 15 is 0 Å². The van der Waals surface area contributed by atoms with Crippen molar-refractivity contribution < 1.29 is 20.2 Å². The second kappa shape index (κ2) is 14.0. The zero-order chi connectivity index (χ0) is 23.1. The van der Waals surface area contributed by atoms with E-state index in [1.807, 2.05) is 69.3 Å². The molecule has 0 aliphatic rings. The number of amides is 1. The van der Waals surface area contributed by atoms with E-state index in [1.165, 1.54) is 4.90 Å². The van der Waals surface area contributed by atoms with Crippen molar-refractivity contribution in [3.8, 4) is 22.5 Å². The summed E-state index contributed by atoms with van der Waals surface area (Å²) in [6.07, 6.45) is 1.98. The number of hydrogen-bond donors (Lipinski definition) is 2. The van der Waals surface area contributed by atoms with Crippen LogP contribution < -0.4 is 0 Å². The molecule has 0 aliphatic carbocycles. The number of carbonyl (C=O) groups excluding carboxylic acids is 1. The Hall–Kier alpha value is -2.59. The van der Waals surface area contributed by atoms with Gasteiger partial charge in [0.1, 0.15) is 6.04 Å². The van der Waals surface area contributed by atoms with Gasteiger partial charge in [-0.1, -0.05) is 75.7 Å². The number of tetrazole rings is 1. The fraction of sp³-hybridized carbons (Fsp3) is 0.375. The van der Waals surface area contributed by atoms with Gasteiger partial charge >= 0.3 is 35.5 Å². The molecule has 34 heavy (non-hydrogen) atoms. The number of H-pyrrole nitrogens is 1. The number of nitrogens with one attached hydrogen (secondary N) is 1. The van der Waals surface area contributed by atoms with Crippen LogP contribution in [0, 0.1) is 5.92 Å². The van der Waals surface area contributed by atoms with Crippen LogP contribution in [-0.2, 0) is 16.1 Å². The molecule has 1 heterocycles. The molecule has 0 unspecified atom stereocenters. The molecule has 0 bridgehead atoms. The first-order valence-electron chi connectivity index (χ1n) is 10.9. The first-order valence-corrected chi connectivity index (χ1v) is 10.9. The molecule has 0 spiro atoms. The molecular formula is C24H32N5NaO4. The van der Waals surface area contributed by atoms with Crippen LogP contribution in [0.2, 0.25) is 0 Å². The van der Waals surface area contributed by atoms with Crippen LogP contribution in [0.25, 0.3) is 22.5 Å². The van der Waals surface area contributed by atoms with Crippen molar-refractivity contribution in [1.29, 1.82) is 0 Å². The molecule has 0 fully saturated rings. The topological polar surface area (TPSA) is 144 Å². The normalized spacial score (nSPS) is 11.3. The monoisotopic (exact) mass is 477 g/mol. The summed E-state index contributed by atoms with van der Waals surface area (Å²) in [4.78, 5) is 26.3. The summed E-state index contributed by atoms with van der Waals surface area (Å²) < 4.78 is 0. The number of hydrogen-bond acceptors (Lipinski definition) is 5. The third kappa shape index (κ3) is 7.20. The Bertz CT molecular complexity index is 1040. The van der Waals surface area contributed by atoms with Crippen LogP contribution in [0.1, 0.15) is 45.6 Å². The van der Waals surface area contributed by atoms with Crippen molar-refractivity contribution in [3.05, 3.63) is 54.1 Å². The number of nitrogens with zero attached hydrogens (tertiary/aromatic N) is 4. The molecule has 1 atom stereocenters. The van der Waals surface area contributed by atoms with E-state index in [4.69, 9.17) is 0 Å². The molecule has 2 aromatic carbocycles. The number of benzene rings is 2. The van der Waals surface area contributed by atoms with E-state index < -0.39 is 12.0 Å². The van der Waals surface area contributed by atoms with E-state index in [1.54, 1.807) is 0 Å². The van der Waals surface area contributed by atoms with E-state index in [-0.39, 0.29) is 53.4 Å². The standard InChI is InChI=1S/C24H29N5O3.Na.H2O.H/c1-4-5-10-21(30)29(22(16(2)3)24(31)32)15-17-11-13-18(14-12-17)19-8-6-7-9-20(19)23-25-27-28-26-23;;;/h6-9,11-14,16,22H,4-5,10,15H2,1-3H3,(H,31,32)(H,25,26,27,28);;1H2;/t22-;;;/m0.../s1. The van der Waals surface area contributed by atoms with Gasteiger partial charge in [0.2, 0.25) is 5.91 Å². The number of aromatic nitrogens is 4. The van der Waals surface area contributed by atoms with Gasteiger partial charge in [-0.25, -0.2) is 9.89 Å². The molecule has 1 aromatic heterocycles. The van der Waals surface area contributed by atoms with Crippen molar-refractivity contribution in [1.82, 2.24) is 25.5 Å². The Morgan fingerprint density at radius 3 is 2.24 bits per heavy atom. The molecular weight excluding hydrogens is 445 g/mol. The van der Waals surface area contributed by atoms with Gasteiger partial charge in [-0.15, -0.1) is 5.10 Å². The van der Waals surface area contributed by atoms with E-state index in [0.717, 1.165) is 35.1 Å². The SMILES string of the molecule is CCCCC(=O)N(Cc1ccc(-c2ccccc2-c2nnn[nH]2)cc1)[C@H](C(=O)O)C(C)C.O.[NaH]. The maximum absolute atomic E-state index is 12.9. The first kappa shape index (κ1) is 29.4. The molecule has 0 aliphatic heterocycles. The molecule has 178 valence electrons. The molecule has 10 heteroatoms. The summed E-state index contributed by atoms with van der Waals surface area (Å²) in [5.41, 5.74) is 3.71. The number of carboxylic acid groups (broad SMARTS) is 1. The van der Waals surface area contributed by atoms with Gasteiger partial charge in [-0.05, 0) is 39.5 Å². The summed E-state index contributed by atoms with van der Waals surface area (Å²) in [6, 6.07) is 14.8. The van der Waals surface area contributed by atoms with Crippen LogP contribution in [0.3, 0.4) is 0 Å². The van der Waals surface area contributed by atoms with Gasteiger partial charge in [0.05, 0.1) is 0 Å². The fourth-order valence-corrected chi connectivity index (χ4v) is 3.79. The Labute approximate surface area is 221 Å². The van der Waals surface area contributed by atoms with Crippen molar-refractivity contribution in [2.45, 2.75) is 52.6 Å². The van der Waals surface area contributed by atoms with Crippen molar-refractivity contribution in [3.63, 3.8) is 0 Å². The molecule has 9 nitrogen and oxygen atoms in total. The summed E-state index contributed by atoms with van der Waals surface area (Å²) in [5.74, 6) is -0.713. The average Bonchev–Trinajstić information content (AvgIpc) is 3.32. The third-order valence-electron chi connectivity index (χ3n) is 5.43. The van der Waals surface area contributed by atoms with Gasteiger partial charge in [0.15, 0.2) is 5.82 Å². The van der Waals surface area contributed by atoms with Gasteiger partial charge in [-0.2, -0.15) is 0 Å². The number of unbranched alkanes of at least 4 members (excludes halogenated alkanes) is 1. The Morgan fingerprint density at radius 1 is 1.06 bits per heavy atom. The molecule has 0 radical (unpaired) electrons. The zero-order valence-corrected chi connectivity index (χ0v) is 19.2. The minimum atomic E-state index is -0.976. The minimum absolute atomic E-state index is 0. The summed E-state index contributed by atoms with van der Waals surface area (Å²) in [6.45, 7) is 5.93. The number of rotatable bonds is 10. The molecule has 3 aromatic rings. The van der Waals surface area contributed by atoms with Gasteiger partial charge in [0, 0.05) is 18.5 Å². The fourth-order valence-electron chi connectivity index (χ4n) is 3.79. The van der Waals surface area contributed by atoms with E-state index in [9.17, 15) is 14.7 Å². The molecule has 3 rings (SSSR count). The van der Waals surface area contributed by atoms with Gasteiger partial charge < -0.3 is 15.5 Å². The van der Waals surface area contributed by atoms with Crippen molar-refractivity contribution in [2.24, 2.45) is 5.92 Å². The third-order valence-corrected chi connectivity index (χ3v) is 5.43. The van der Waals surface area contributed by atoms with Crippen LogP contribution in [0.15, 0.2) is 48.5 Å². The molecule has 0 saturated carbocycles. The number of aliphatic carboxylic acids is 1. The number of carbonyl (C=O) groups is 2. The summed E-state index contributed by atoms with van der Waals surface area (Å²) in [7, 11) is 0. The Kier molecular flexibility index (Phi) is 12.1. The predicted octanol–water partition coefficient (Wildman–Crippen LogP) is 2.69. The van der Waals surface area contributed by atoms with Gasteiger partial charge in [-0.3, -0.25) is 4.79 Å². The van der Waals surface area contributed by atoms with E-state index in [0.29, 0.717) is 12.2 Å². The second-order valence-electron chi connectivity index (χ2n) is 8.14. The predicted molar refractivity (Wildman–Crippen MR) is 132 cm³/mol. The molecule has 4 N–H and O–H groups in total. The maximum atomic E-state index is 12.9. The molecule has 0 saturated heterocycles. The Balaban J connectivity index is 0.00000289. The Morgan fingerprint density at radius 2 is 1.71 bits per heavy atom. The van der Waals surface area contributed by atoms with Crippen LogP contribution in [0.5, 0.6) is 0 Å². The second-order valence-corrected chi connectivity index (χ2v) is 8.14. The van der Waals surface area contributed by atoms with Crippen LogP contribution >= 0.6 is 0 Å². The quantitative estimate of drug-likeness (QED) is 0.430. The van der Waals surface area contributed by atoms with Gasteiger partial charge in [0.25, 0.3) is 0 Å². The summed E-state index contributed by atoms with van der Waals surface area (Å²) >= 11 is 0. The average molecular weight is 478 g/mol. The first-order chi connectivity index (χ1) is 15.4. The van der Waals surface area contributed by atoms with Crippen molar-refractivity contribution in [2.75, 3.05) is 0 Å². The van der Waals surface area contributed by atoms with Crippen molar-refractivity contribution >= 4 is 41.4 Å². The zero-order valence-electron chi connectivity index (χ0n) is 19.2. The molecule has 1 amide bonds. The number of aromatic amines is 1. The van der Waals surface area contributed by atoms with Crippen LogP contribution in [0.4, 0.5) is 0 Å². The summed E-state index contributed by atoms with van der Waals surface area (Å²) in [5, 5.41) is 23.9. The van der Waals surface area contributed by atoms with E-state index in [2.05, 4.69) is 20.6 Å². The number of carboxylic acids is 1. The van der Waals surface area contributed by atoms with Crippen LogP contribution in [-0.4, -0.2) is 83.6 Å².